The number of rotatable bonds is 9. The Kier molecular flexibility index (Phi) is 8.02. The van der Waals surface area contributed by atoms with Crippen LogP contribution in [0.5, 0.6) is 5.75 Å². The number of aliphatic hydroxyl groups is 1. The normalized spacial score (nSPS) is 16.5. The first-order chi connectivity index (χ1) is 18.3. The number of aryl methyl sites for hydroxylation is 1. The molecule has 3 aromatic rings. The highest BCUT2D eigenvalue weighted by molar-refractivity contribution is 7.17. The van der Waals surface area contributed by atoms with Gasteiger partial charge in [0.1, 0.15) is 28.8 Å². The highest BCUT2D eigenvalue weighted by Gasteiger charge is 2.48. The van der Waals surface area contributed by atoms with Gasteiger partial charge in [-0.15, -0.1) is 0 Å². The fourth-order valence-electron chi connectivity index (χ4n) is 3.97. The first kappa shape index (κ1) is 26.7. The number of amides is 1. The van der Waals surface area contributed by atoms with E-state index in [2.05, 4.69) is 11.6 Å². The molecule has 0 spiro atoms. The van der Waals surface area contributed by atoms with Crippen LogP contribution in [0.25, 0.3) is 5.76 Å². The van der Waals surface area contributed by atoms with Crippen molar-refractivity contribution in [2.75, 3.05) is 18.1 Å². The minimum atomic E-state index is -1.13. The highest BCUT2D eigenvalue weighted by atomic mass is 32.1. The fourth-order valence-corrected chi connectivity index (χ4v) is 4.96. The quantitative estimate of drug-likeness (QED) is 0.129. The van der Waals surface area contributed by atoms with Gasteiger partial charge in [-0.3, -0.25) is 14.5 Å². The summed E-state index contributed by atoms with van der Waals surface area (Å²) in [6, 6.07) is 10.6. The molecule has 1 amide bonds. The van der Waals surface area contributed by atoms with Crippen molar-refractivity contribution in [2.24, 2.45) is 0 Å². The number of carbonyl (C=O) groups excluding carboxylic acids is 3. The third kappa shape index (κ3) is 5.21. The summed E-state index contributed by atoms with van der Waals surface area (Å²) in [4.78, 5) is 44.8. The van der Waals surface area contributed by atoms with E-state index in [1.165, 1.54) is 30.3 Å². The molecule has 0 saturated carbocycles. The fraction of sp³-hybridized carbons (Fsp3) is 0.214. The molecule has 38 heavy (non-hydrogen) atoms. The first-order valence-corrected chi connectivity index (χ1v) is 12.6. The molecule has 1 fully saturated rings. The van der Waals surface area contributed by atoms with E-state index in [4.69, 9.17) is 9.47 Å². The SMILES string of the molecule is C=CCOC(=O)c1sc(N2C(=O)C(=O)/C(=C(/O)c3cccc(OCCC)c3)C2c2ccc(F)cc2)nc1C. The average molecular weight is 537 g/mol. The number of ketones is 1. The molecule has 1 unspecified atom stereocenters. The smallest absolute Gasteiger partial charge is 0.350 e. The predicted molar refractivity (Wildman–Crippen MR) is 141 cm³/mol. The lowest BCUT2D eigenvalue weighted by Gasteiger charge is -2.23. The number of thiazole rings is 1. The second kappa shape index (κ2) is 11.4. The maximum atomic E-state index is 13.8. The highest BCUT2D eigenvalue weighted by Crippen LogP contribution is 2.44. The predicted octanol–water partition coefficient (Wildman–Crippen LogP) is 5.35. The Labute approximate surface area is 222 Å². The van der Waals surface area contributed by atoms with Gasteiger partial charge in [-0.25, -0.2) is 14.2 Å². The number of aliphatic hydroxyl groups excluding tert-OH is 1. The zero-order valence-electron chi connectivity index (χ0n) is 20.8. The number of nitrogens with zero attached hydrogens (tertiary/aromatic N) is 2. The number of ether oxygens (including phenoxy) is 2. The number of hydrogen-bond acceptors (Lipinski definition) is 8. The summed E-state index contributed by atoms with van der Waals surface area (Å²) in [5, 5.41) is 11.4. The Morgan fingerprint density at radius 3 is 2.66 bits per heavy atom. The molecule has 8 nitrogen and oxygen atoms in total. The van der Waals surface area contributed by atoms with Gasteiger partial charge in [0.2, 0.25) is 0 Å². The summed E-state index contributed by atoms with van der Waals surface area (Å²) in [6.45, 7) is 7.50. The molecule has 0 radical (unpaired) electrons. The second-order valence-corrected chi connectivity index (χ2v) is 9.37. The van der Waals surface area contributed by atoms with E-state index in [0.29, 0.717) is 23.6 Å². The van der Waals surface area contributed by atoms with Gasteiger partial charge in [-0.2, -0.15) is 0 Å². The van der Waals surface area contributed by atoms with Crippen LogP contribution in [0.3, 0.4) is 0 Å². The van der Waals surface area contributed by atoms with Gasteiger partial charge in [0.25, 0.3) is 5.78 Å². The number of benzene rings is 2. The largest absolute Gasteiger partial charge is 0.507 e. The number of halogens is 1. The van der Waals surface area contributed by atoms with Gasteiger partial charge in [0.15, 0.2) is 5.13 Å². The van der Waals surface area contributed by atoms with E-state index >= 15 is 0 Å². The molecule has 2 heterocycles. The second-order valence-electron chi connectivity index (χ2n) is 8.40. The summed E-state index contributed by atoms with van der Waals surface area (Å²) >= 11 is 0.878. The molecule has 1 aromatic heterocycles. The van der Waals surface area contributed by atoms with Crippen molar-refractivity contribution in [2.45, 2.75) is 26.3 Å². The Morgan fingerprint density at radius 2 is 1.97 bits per heavy atom. The summed E-state index contributed by atoms with van der Waals surface area (Å²) in [5.41, 5.74) is 0.749. The lowest BCUT2D eigenvalue weighted by molar-refractivity contribution is -0.132. The molecule has 2 aromatic carbocycles. The zero-order chi connectivity index (χ0) is 27.4. The first-order valence-electron chi connectivity index (χ1n) is 11.8. The number of esters is 1. The lowest BCUT2D eigenvalue weighted by atomic mass is 9.95. The Morgan fingerprint density at radius 1 is 1.24 bits per heavy atom. The van der Waals surface area contributed by atoms with E-state index in [9.17, 15) is 23.9 Å². The molecule has 1 atom stereocenters. The third-order valence-corrected chi connectivity index (χ3v) is 6.86. The summed E-state index contributed by atoms with van der Waals surface area (Å²) in [5.74, 6) is -2.98. The van der Waals surface area contributed by atoms with Crippen molar-refractivity contribution in [3.8, 4) is 5.75 Å². The minimum absolute atomic E-state index is 0.00731. The number of aromatic nitrogens is 1. The van der Waals surface area contributed by atoms with Crippen LogP contribution in [-0.2, 0) is 14.3 Å². The Hall–Kier alpha value is -4.31. The van der Waals surface area contributed by atoms with Crippen LogP contribution in [0.1, 0.15) is 45.9 Å². The van der Waals surface area contributed by atoms with Gasteiger partial charge < -0.3 is 14.6 Å². The minimum Gasteiger partial charge on any atom is -0.507 e. The Bertz CT molecular complexity index is 1430. The molecule has 196 valence electrons. The van der Waals surface area contributed by atoms with Crippen LogP contribution in [0.4, 0.5) is 9.52 Å². The van der Waals surface area contributed by atoms with E-state index in [1.807, 2.05) is 6.92 Å². The maximum absolute atomic E-state index is 13.8. The van der Waals surface area contributed by atoms with Crippen molar-refractivity contribution in [3.05, 3.63) is 94.3 Å². The molecule has 1 aliphatic heterocycles. The molecule has 1 saturated heterocycles. The maximum Gasteiger partial charge on any atom is 0.350 e. The number of carbonyl (C=O) groups is 3. The number of hydrogen-bond donors (Lipinski definition) is 1. The van der Waals surface area contributed by atoms with Crippen LogP contribution in [0.15, 0.2) is 66.8 Å². The van der Waals surface area contributed by atoms with Crippen molar-refractivity contribution in [1.82, 2.24) is 4.98 Å². The summed E-state index contributed by atoms with van der Waals surface area (Å²) in [7, 11) is 0. The van der Waals surface area contributed by atoms with E-state index < -0.39 is 35.3 Å². The molecule has 4 rings (SSSR count). The molecule has 0 bridgehead atoms. The average Bonchev–Trinajstić information content (AvgIpc) is 3.42. The molecule has 0 aliphatic carbocycles. The van der Waals surface area contributed by atoms with Crippen LogP contribution < -0.4 is 9.64 Å². The van der Waals surface area contributed by atoms with Gasteiger partial charge in [-0.1, -0.05) is 55.2 Å². The lowest BCUT2D eigenvalue weighted by Crippen LogP contribution is -2.29. The number of Topliss-reactive ketones (excluding diaryl/α,β-unsaturated/α-hetero) is 1. The van der Waals surface area contributed by atoms with E-state index in [0.717, 1.165) is 22.7 Å². The summed E-state index contributed by atoms with van der Waals surface area (Å²) < 4.78 is 24.5. The monoisotopic (exact) mass is 536 g/mol. The van der Waals surface area contributed by atoms with Crippen LogP contribution in [0.2, 0.25) is 0 Å². The third-order valence-electron chi connectivity index (χ3n) is 5.72. The molecular weight excluding hydrogens is 511 g/mol. The standard InChI is InChI=1S/C28H25FN2O6S/c1-4-13-36-20-8-6-7-18(15-20)23(32)21-22(17-9-11-19(29)12-10-17)31(26(34)24(21)33)28-30-16(3)25(38-28)27(35)37-14-5-2/h5-12,15,22,32H,2,4,13-14H2,1,3H3/b23-21+. The van der Waals surface area contributed by atoms with Gasteiger partial charge >= 0.3 is 11.9 Å². The van der Waals surface area contributed by atoms with Gasteiger partial charge in [0.05, 0.1) is 23.9 Å². The van der Waals surface area contributed by atoms with Crippen molar-refractivity contribution in [3.63, 3.8) is 0 Å². The Balaban J connectivity index is 1.85. The van der Waals surface area contributed by atoms with Crippen molar-refractivity contribution >= 4 is 39.9 Å². The van der Waals surface area contributed by atoms with E-state index in [1.54, 1.807) is 31.2 Å². The summed E-state index contributed by atoms with van der Waals surface area (Å²) in [6.07, 6.45) is 2.20. The molecule has 10 heteroatoms. The molecule has 1 aliphatic rings. The van der Waals surface area contributed by atoms with Gasteiger partial charge in [-0.05, 0) is 43.2 Å². The van der Waals surface area contributed by atoms with Crippen molar-refractivity contribution < 1.29 is 33.4 Å². The molecule has 1 N–H and O–H groups in total. The zero-order valence-corrected chi connectivity index (χ0v) is 21.6. The van der Waals surface area contributed by atoms with Crippen molar-refractivity contribution in [1.29, 1.82) is 0 Å². The van der Waals surface area contributed by atoms with E-state index in [-0.39, 0.29) is 27.8 Å². The van der Waals surface area contributed by atoms with Crippen LogP contribution >= 0.6 is 11.3 Å². The topological polar surface area (TPSA) is 106 Å². The molecular formula is C28H25FN2O6S. The number of anilines is 1. The van der Waals surface area contributed by atoms with Crippen LogP contribution in [-0.4, -0.2) is 41.0 Å². The van der Waals surface area contributed by atoms with Crippen LogP contribution in [0, 0.1) is 12.7 Å². The van der Waals surface area contributed by atoms with Gasteiger partial charge in [0, 0.05) is 5.56 Å².